The molecule has 0 radical (unpaired) electrons. The Kier molecular flexibility index (Phi) is 3.27. The molecular formula is C13H11N3. The van der Waals surface area contributed by atoms with E-state index in [0.29, 0.717) is 6.54 Å². The van der Waals surface area contributed by atoms with E-state index in [1.807, 2.05) is 30.3 Å². The van der Waals surface area contributed by atoms with Crippen molar-refractivity contribution < 1.29 is 0 Å². The molecule has 0 amide bonds. The van der Waals surface area contributed by atoms with E-state index in [0.717, 1.165) is 16.9 Å². The van der Waals surface area contributed by atoms with Crippen molar-refractivity contribution in [2.24, 2.45) is 16.0 Å². The number of hydrogen-bond acceptors (Lipinski definition) is 3. The topological polar surface area (TPSA) is 50.7 Å². The van der Waals surface area contributed by atoms with Crippen molar-refractivity contribution >= 4 is 11.4 Å². The van der Waals surface area contributed by atoms with Crippen LogP contribution in [0.3, 0.4) is 0 Å². The normalized spacial score (nSPS) is 10.3. The second-order valence-electron chi connectivity index (χ2n) is 3.26. The lowest BCUT2D eigenvalue weighted by Gasteiger charge is -1.95. The third kappa shape index (κ3) is 2.66. The molecule has 0 aromatic heterocycles. The monoisotopic (exact) mass is 209 g/mol. The predicted octanol–water partition coefficient (Wildman–Crippen LogP) is 3.16. The molecule has 0 bridgehead atoms. The van der Waals surface area contributed by atoms with Crippen LogP contribution in [0.5, 0.6) is 0 Å². The summed E-state index contributed by atoms with van der Waals surface area (Å²) in [5, 5.41) is 8.18. The maximum absolute atomic E-state index is 5.50. The van der Waals surface area contributed by atoms with Crippen molar-refractivity contribution in [1.29, 1.82) is 0 Å². The van der Waals surface area contributed by atoms with Gasteiger partial charge in [0.05, 0.1) is 11.4 Å². The summed E-state index contributed by atoms with van der Waals surface area (Å²) in [6.07, 6.45) is 0. The smallest absolute Gasteiger partial charge is 0.0946 e. The average Bonchev–Trinajstić information content (AvgIpc) is 2.38. The highest BCUT2D eigenvalue weighted by atomic mass is 15.1. The highest BCUT2D eigenvalue weighted by Gasteiger charge is 1.91. The Labute approximate surface area is 94.6 Å². The summed E-state index contributed by atoms with van der Waals surface area (Å²) in [5.74, 6) is 0. The zero-order valence-corrected chi connectivity index (χ0v) is 8.72. The molecule has 0 spiro atoms. The Hall–Kier alpha value is -2.18. The van der Waals surface area contributed by atoms with Gasteiger partial charge in [0.1, 0.15) is 0 Å². The molecule has 0 heterocycles. The van der Waals surface area contributed by atoms with Crippen LogP contribution in [0.4, 0.5) is 11.4 Å². The molecule has 3 heteroatoms. The van der Waals surface area contributed by atoms with Crippen LogP contribution in [0, 0.1) is 12.1 Å². The molecule has 0 aliphatic rings. The summed E-state index contributed by atoms with van der Waals surface area (Å²) in [5.41, 5.74) is 8.16. The molecule has 0 aliphatic carbocycles. The van der Waals surface area contributed by atoms with Crippen LogP contribution in [0.15, 0.2) is 52.7 Å². The molecule has 2 N–H and O–H groups in total. The highest BCUT2D eigenvalue weighted by Crippen LogP contribution is 2.17. The van der Waals surface area contributed by atoms with Crippen molar-refractivity contribution in [2.75, 3.05) is 0 Å². The number of nitrogens with two attached hydrogens (primary N) is 1. The van der Waals surface area contributed by atoms with E-state index in [9.17, 15) is 0 Å². The molecule has 2 rings (SSSR count). The first-order chi connectivity index (χ1) is 7.88. The van der Waals surface area contributed by atoms with Crippen molar-refractivity contribution in [3.63, 3.8) is 0 Å². The van der Waals surface area contributed by atoms with Gasteiger partial charge in [-0.2, -0.15) is 5.11 Å². The molecule has 16 heavy (non-hydrogen) atoms. The molecule has 78 valence electrons. The van der Waals surface area contributed by atoms with Crippen LogP contribution in [0.25, 0.3) is 0 Å². The summed E-state index contributed by atoms with van der Waals surface area (Å²) >= 11 is 0. The van der Waals surface area contributed by atoms with E-state index in [1.54, 1.807) is 12.1 Å². The largest absolute Gasteiger partial charge is 0.326 e. The van der Waals surface area contributed by atoms with Gasteiger partial charge in [0, 0.05) is 12.6 Å². The second-order valence-corrected chi connectivity index (χ2v) is 3.26. The summed E-state index contributed by atoms with van der Waals surface area (Å²) < 4.78 is 0. The molecule has 3 nitrogen and oxygen atoms in total. The van der Waals surface area contributed by atoms with Crippen LogP contribution in [-0.4, -0.2) is 0 Å². The Bertz CT molecular complexity index is 460. The van der Waals surface area contributed by atoms with Gasteiger partial charge >= 0.3 is 0 Å². The SMILES string of the molecule is NCc1ccc(N=Nc2cc#ccc2)cc1. The predicted molar refractivity (Wildman–Crippen MR) is 62.6 cm³/mol. The first-order valence-corrected chi connectivity index (χ1v) is 4.97. The third-order valence-electron chi connectivity index (χ3n) is 2.09. The van der Waals surface area contributed by atoms with E-state index in [2.05, 4.69) is 22.4 Å². The number of azo groups is 1. The van der Waals surface area contributed by atoms with Crippen molar-refractivity contribution in [1.82, 2.24) is 0 Å². The lowest BCUT2D eigenvalue weighted by molar-refractivity contribution is 1.07. The summed E-state index contributed by atoms with van der Waals surface area (Å²) in [4.78, 5) is 0. The number of benzene rings is 1. The van der Waals surface area contributed by atoms with Crippen LogP contribution < -0.4 is 5.73 Å². The van der Waals surface area contributed by atoms with Gasteiger partial charge in [-0.15, -0.1) is 5.11 Å². The minimum absolute atomic E-state index is 0.543. The molecule has 0 unspecified atom stereocenters. The zero-order valence-electron chi connectivity index (χ0n) is 8.72. The maximum Gasteiger partial charge on any atom is 0.0946 e. The molecule has 2 aromatic carbocycles. The molecule has 0 aliphatic heterocycles. The molecular weight excluding hydrogens is 198 g/mol. The van der Waals surface area contributed by atoms with Gasteiger partial charge in [-0.3, -0.25) is 0 Å². The van der Waals surface area contributed by atoms with Gasteiger partial charge in [0.25, 0.3) is 0 Å². The number of nitrogens with zero attached hydrogens (tertiary/aromatic N) is 2. The minimum atomic E-state index is 0.543. The van der Waals surface area contributed by atoms with E-state index in [1.165, 1.54) is 0 Å². The van der Waals surface area contributed by atoms with E-state index in [-0.39, 0.29) is 0 Å². The summed E-state index contributed by atoms with van der Waals surface area (Å²) in [7, 11) is 0. The second kappa shape index (κ2) is 5.06. The van der Waals surface area contributed by atoms with Crippen LogP contribution >= 0.6 is 0 Å². The van der Waals surface area contributed by atoms with Gasteiger partial charge < -0.3 is 5.73 Å². The Balaban J connectivity index is 2.12. The lowest BCUT2D eigenvalue weighted by atomic mass is 10.2. The van der Waals surface area contributed by atoms with Gasteiger partial charge in [-0.1, -0.05) is 24.3 Å². The highest BCUT2D eigenvalue weighted by molar-refractivity contribution is 5.40. The molecule has 0 atom stereocenters. The zero-order chi connectivity index (χ0) is 11.2. The van der Waals surface area contributed by atoms with E-state index in [4.69, 9.17) is 5.73 Å². The standard InChI is InChI=1S/C13H11N3/c14-10-11-6-8-13(9-7-11)16-15-12-4-2-1-3-5-12/h2,4-9H,10,14H2. The fraction of sp³-hybridized carbons (Fsp3) is 0.0769. The first kappa shape index (κ1) is 10.3. The minimum Gasteiger partial charge on any atom is -0.326 e. The lowest BCUT2D eigenvalue weighted by Crippen LogP contribution is -1.94. The van der Waals surface area contributed by atoms with Crippen molar-refractivity contribution in [3.05, 3.63) is 60.2 Å². The molecule has 0 fully saturated rings. The average molecular weight is 209 g/mol. The maximum atomic E-state index is 5.50. The number of rotatable bonds is 3. The Morgan fingerprint density at radius 1 is 0.938 bits per heavy atom. The Morgan fingerprint density at radius 3 is 2.31 bits per heavy atom. The summed E-state index contributed by atoms with van der Waals surface area (Å²) in [6, 6.07) is 18.6. The molecule has 0 saturated heterocycles. The van der Waals surface area contributed by atoms with E-state index < -0.39 is 0 Å². The first-order valence-electron chi connectivity index (χ1n) is 4.97. The molecule has 0 saturated carbocycles. The Morgan fingerprint density at radius 2 is 1.69 bits per heavy atom. The van der Waals surface area contributed by atoms with Crippen LogP contribution in [-0.2, 0) is 6.54 Å². The quantitative estimate of drug-likeness (QED) is 0.775. The van der Waals surface area contributed by atoms with Gasteiger partial charge in [0.2, 0.25) is 0 Å². The summed E-state index contributed by atoms with van der Waals surface area (Å²) in [6.45, 7) is 0.543. The van der Waals surface area contributed by atoms with Gasteiger partial charge in [-0.25, -0.2) is 0 Å². The fourth-order valence-electron chi connectivity index (χ4n) is 1.22. The number of hydrogen-bond donors (Lipinski definition) is 1. The fourth-order valence-corrected chi connectivity index (χ4v) is 1.22. The van der Waals surface area contributed by atoms with Crippen molar-refractivity contribution in [2.45, 2.75) is 6.54 Å². The van der Waals surface area contributed by atoms with Crippen molar-refractivity contribution in [3.8, 4) is 0 Å². The van der Waals surface area contributed by atoms with Crippen LogP contribution in [0.1, 0.15) is 5.56 Å². The molecule has 2 aromatic rings. The van der Waals surface area contributed by atoms with Crippen LogP contribution in [0.2, 0.25) is 0 Å². The van der Waals surface area contributed by atoms with E-state index >= 15 is 0 Å². The van der Waals surface area contributed by atoms with Gasteiger partial charge in [-0.05, 0) is 29.8 Å². The third-order valence-corrected chi connectivity index (χ3v) is 2.09. The van der Waals surface area contributed by atoms with Gasteiger partial charge in [0.15, 0.2) is 0 Å².